The third-order valence-corrected chi connectivity index (χ3v) is 3.45. The minimum absolute atomic E-state index is 0.301. The first-order chi connectivity index (χ1) is 9.97. The number of hydrogen-bond donors (Lipinski definition) is 1. The number of carbonyl (C=O) groups is 1. The van der Waals surface area contributed by atoms with Gasteiger partial charge in [-0.2, -0.15) is 0 Å². The van der Waals surface area contributed by atoms with E-state index in [0.29, 0.717) is 12.1 Å². The molecular weight excluding hydrogens is 268 g/mol. The quantitative estimate of drug-likeness (QED) is 0.756. The Morgan fingerprint density at radius 3 is 2.52 bits per heavy atom. The summed E-state index contributed by atoms with van der Waals surface area (Å²) in [5.74, 6) is -0.166. The smallest absolute Gasteiger partial charge is 0.335 e. The van der Waals surface area contributed by atoms with Gasteiger partial charge in [0, 0.05) is 12.1 Å². The second-order valence-electron chi connectivity index (χ2n) is 5.36. The maximum Gasteiger partial charge on any atom is 0.335 e. The topological polar surface area (TPSA) is 53.0 Å². The van der Waals surface area contributed by atoms with Crippen molar-refractivity contribution in [1.82, 2.24) is 9.80 Å². The van der Waals surface area contributed by atoms with Crippen LogP contribution >= 0.6 is 0 Å². The van der Waals surface area contributed by atoms with Gasteiger partial charge in [-0.05, 0) is 58.3 Å². The number of methoxy groups -OCH3 is 1. The van der Waals surface area contributed by atoms with Crippen molar-refractivity contribution in [2.75, 3.05) is 40.8 Å². The maximum absolute atomic E-state index is 11.1. The molecule has 0 aromatic heterocycles. The Bertz CT molecular complexity index is 461. The van der Waals surface area contributed by atoms with E-state index in [0.717, 1.165) is 37.4 Å². The van der Waals surface area contributed by atoms with Crippen molar-refractivity contribution in [1.29, 1.82) is 0 Å². The monoisotopic (exact) mass is 294 g/mol. The Morgan fingerprint density at radius 2 is 2.00 bits per heavy atom. The van der Waals surface area contributed by atoms with E-state index in [4.69, 9.17) is 9.84 Å². The van der Waals surface area contributed by atoms with Gasteiger partial charge in [0.25, 0.3) is 0 Å². The third kappa shape index (κ3) is 5.73. The van der Waals surface area contributed by atoms with Gasteiger partial charge in [0.1, 0.15) is 5.75 Å². The van der Waals surface area contributed by atoms with Crippen molar-refractivity contribution in [3.8, 4) is 5.75 Å². The molecule has 1 aromatic rings. The van der Waals surface area contributed by atoms with Crippen LogP contribution in [0.4, 0.5) is 0 Å². The molecule has 5 heteroatoms. The van der Waals surface area contributed by atoms with Crippen LogP contribution in [0.25, 0.3) is 0 Å². The van der Waals surface area contributed by atoms with Crippen LogP contribution < -0.4 is 4.74 Å². The molecule has 0 amide bonds. The molecule has 0 bridgehead atoms. The van der Waals surface area contributed by atoms with Crippen molar-refractivity contribution in [3.05, 3.63) is 29.3 Å². The van der Waals surface area contributed by atoms with Gasteiger partial charge in [0.05, 0.1) is 12.7 Å². The van der Waals surface area contributed by atoms with E-state index in [9.17, 15) is 4.79 Å². The van der Waals surface area contributed by atoms with E-state index >= 15 is 0 Å². The lowest BCUT2D eigenvalue weighted by Crippen LogP contribution is -2.27. The van der Waals surface area contributed by atoms with Crippen LogP contribution in [-0.4, -0.2) is 61.7 Å². The van der Waals surface area contributed by atoms with E-state index in [-0.39, 0.29) is 0 Å². The van der Waals surface area contributed by atoms with Crippen LogP contribution in [0.3, 0.4) is 0 Å². The fourth-order valence-electron chi connectivity index (χ4n) is 2.24. The van der Waals surface area contributed by atoms with Gasteiger partial charge in [0.2, 0.25) is 0 Å². The molecule has 0 fully saturated rings. The molecule has 0 atom stereocenters. The number of carboxylic acid groups (broad SMARTS) is 1. The number of hydrogen-bond acceptors (Lipinski definition) is 4. The van der Waals surface area contributed by atoms with Gasteiger partial charge in [-0.25, -0.2) is 4.79 Å². The normalized spacial score (nSPS) is 11.1. The molecule has 0 radical (unpaired) electrons. The summed E-state index contributed by atoms with van der Waals surface area (Å²) in [5, 5.41) is 9.11. The maximum atomic E-state index is 11.1. The second kappa shape index (κ2) is 8.64. The molecule has 0 saturated carbocycles. The third-order valence-electron chi connectivity index (χ3n) is 3.45. The van der Waals surface area contributed by atoms with Crippen LogP contribution in [0, 0.1) is 0 Å². The SMILES string of the molecule is CCN(CCCN(C)C)Cc1cc(C(=O)O)ccc1OC. The molecule has 0 aliphatic heterocycles. The standard InChI is InChI=1S/C16H26N2O3/c1-5-18(10-6-9-17(2)3)12-14-11-13(16(19)20)7-8-15(14)21-4/h7-8,11H,5-6,9-10,12H2,1-4H3,(H,19,20). The van der Waals surface area contributed by atoms with Gasteiger partial charge < -0.3 is 14.7 Å². The van der Waals surface area contributed by atoms with E-state index in [2.05, 4.69) is 30.8 Å². The minimum atomic E-state index is -0.908. The minimum Gasteiger partial charge on any atom is -0.496 e. The number of nitrogens with zero attached hydrogens (tertiary/aromatic N) is 2. The summed E-state index contributed by atoms with van der Waals surface area (Å²) in [5.41, 5.74) is 1.22. The van der Waals surface area contributed by atoms with Crippen LogP contribution in [-0.2, 0) is 6.54 Å². The van der Waals surface area contributed by atoms with Gasteiger partial charge >= 0.3 is 5.97 Å². The number of ether oxygens (including phenoxy) is 1. The van der Waals surface area contributed by atoms with Crippen molar-refractivity contribution in [3.63, 3.8) is 0 Å². The van der Waals surface area contributed by atoms with E-state index in [1.54, 1.807) is 25.3 Å². The Balaban J connectivity index is 2.77. The first-order valence-corrected chi connectivity index (χ1v) is 7.25. The summed E-state index contributed by atoms with van der Waals surface area (Å²) in [6.45, 7) is 5.77. The second-order valence-corrected chi connectivity index (χ2v) is 5.36. The number of benzene rings is 1. The zero-order valence-corrected chi connectivity index (χ0v) is 13.4. The molecule has 0 saturated heterocycles. The first kappa shape index (κ1) is 17.5. The van der Waals surface area contributed by atoms with Crippen molar-refractivity contribution in [2.24, 2.45) is 0 Å². The molecule has 21 heavy (non-hydrogen) atoms. The van der Waals surface area contributed by atoms with E-state index < -0.39 is 5.97 Å². The lowest BCUT2D eigenvalue weighted by molar-refractivity contribution is 0.0696. The van der Waals surface area contributed by atoms with Gasteiger partial charge in [-0.15, -0.1) is 0 Å². The number of rotatable bonds is 9. The zero-order valence-electron chi connectivity index (χ0n) is 13.4. The summed E-state index contributed by atoms with van der Waals surface area (Å²) in [7, 11) is 5.74. The van der Waals surface area contributed by atoms with E-state index in [1.165, 1.54) is 0 Å². The Hall–Kier alpha value is -1.59. The predicted octanol–water partition coefficient (Wildman–Crippen LogP) is 2.17. The fraction of sp³-hybridized carbons (Fsp3) is 0.562. The summed E-state index contributed by atoms with van der Waals surface area (Å²) in [6.07, 6.45) is 1.09. The van der Waals surface area contributed by atoms with Gasteiger partial charge in [0.15, 0.2) is 0 Å². The molecular formula is C16H26N2O3. The molecule has 118 valence electrons. The Morgan fingerprint density at radius 1 is 1.29 bits per heavy atom. The molecule has 0 aliphatic rings. The molecule has 1 rings (SSSR count). The first-order valence-electron chi connectivity index (χ1n) is 7.25. The van der Waals surface area contributed by atoms with Crippen LogP contribution in [0.15, 0.2) is 18.2 Å². The van der Waals surface area contributed by atoms with Crippen LogP contribution in [0.5, 0.6) is 5.75 Å². The largest absolute Gasteiger partial charge is 0.496 e. The summed E-state index contributed by atoms with van der Waals surface area (Å²) in [4.78, 5) is 15.6. The Kier molecular flexibility index (Phi) is 7.19. The molecule has 0 aliphatic carbocycles. The molecule has 0 heterocycles. The molecule has 1 aromatic carbocycles. The summed E-state index contributed by atoms with van der Waals surface area (Å²) in [6, 6.07) is 5.01. The van der Waals surface area contributed by atoms with Crippen molar-refractivity contribution >= 4 is 5.97 Å². The lowest BCUT2D eigenvalue weighted by Gasteiger charge is -2.22. The number of aromatic carboxylic acids is 1. The predicted molar refractivity (Wildman–Crippen MR) is 84.1 cm³/mol. The molecule has 0 spiro atoms. The highest BCUT2D eigenvalue weighted by molar-refractivity contribution is 5.88. The van der Waals surface area contributed by atoms with Gasteiger partial charge in [-0.3, -0.25) is 4.90 Å². The van der Waals surface area contributed by atoms with Crippen molar-refractivity contribution < 1.29 is 14.6 Å². The van der Waals surface area contributed by atoms with Crippen LogP contribution in [0.1, 0.15) is 29.3 Å². The van der Waals surface area contributed by atoms with E-state index in [1.807, 2.05) is 0 Å². The molecule has 0 unspecified atom stereocenters. The Labute approximate surface area is 127 Å². The average Bonchev–Trinajstić information content (AvgIpc) is 2.45. The molecule has 5 nitrogen and oxygen atoms in total. The zero-order chi connectivity index (χ0) is 15.8. The number of carboxylic acids is 1. The highest BCUT2D eigenvalue weighted by atomic mass is 16.5. The van der Waals surface area contributed by atoms with Crippen LogP contribution in [0.2, 0.25) is 0 Å². The highest BCUT2D eigenvalue weighted by Gasteiger charge is 2.12. The average molecular weight is 294 g/mol. The lowest BCUT2D eigenvalue weighted by atomic mass is 10.1. The van der Waals surface area contributed by atoms with Gasteiger partial charge in [-0.1, -0.05) is 6.92 Å². The highest BCUT2D eigenvalue weighted by Crippen LogP contribution is 2.22. The van der Waals surface area contributed by atoms with Crippen molar-refractivity contribution in [2.45, 2.75) is 19.9 Å². The summed E-state index contributed by atoms with van der Waals surface area (Å²) >= 11 is 0. The fourth-order valence-corrected chi connectivity index (χ4v) is 2.24. The summed E-state index contributed by atoms with van der Waals surface area (Å²) < 4.78 is 5.34. The molecule has 1 N–H and O–H groups in total.